The first-order valence-corrected chi connectivity index (χ1v) is 11.1. The number of imidazole rings is 1. The number of carbonyl (C=O) groups is 1. The molecule has 0 spiro atoms. The molecule has 1 amide bonds. The standard InChI is InChI=1S/C21H32N10O/c1-5-31-16(10-13(2)28-31)25-17(32)11-30-12-23-18-19(26-21(22)27-20(18)30)24-14-6-8-15(9-7-14)29(3)4/h10,12,14-15H,5-9,11H2,1-4H3,(H,25,32)(H3,22,24,26,27). The fraction of sp³-hybridized carbons (Fsp3) is 0.571. The molecule has 0 aliphatic heterocycles. The van der Waals surface area contributed by atoms with Gasteiger partial charge in [-0.1, -0.05) is 0 Å². The summed E-state index contributed by atoms with van der Waals surface area (Å²) in [6.45, 7) is 4.61. The second-order valence-electron chi connectivity index (χ2n) is 8.62. The Morgan fingerprint density at radius 2 is 2.00 bits per heavy atom. The molecular weight excluding hydrogens is 408 g/mol. The predicted molar refractivity (Wildman–Crippen MR) is 124 cm³/mol. The van der Waals surface area contributed by atoms with Gasteiger partial charge in [0.05, 0.1) is 12.0 Å². The molecule has 172 valence electrons. The Labute approximate surface area is 187 Å². The highest BCUT2D eigenvalue weighted by atomic mass is 16.2. The minimum absolute atomic E-state index is 0.0638. The van der Waals surface area contributed by atoms with Gasteiger partial charge in [-0.15, -0.1) is 0 Å². The molecule has 0 radical (unpaired) electrons. The van der Waals surface area contributed by atoms with Crippen LogP contribution in [0.2, 0.25) is 0 Å². The lowest BCUT2D eigenvalue weighted by molar-refractivity contribution is -0.116. The molecule has 3 aromatic rings. The van der Waals surface area contributed by atoms with Gasteiger partial charge in [0.15, 0.2) is 17.0 Å². The number of fused-ring (bicyclic) bond motifs is 1. The number of aryl methyl sites for hydroxylation is 2. The van der Waals surface area contributed by atoms with E-state index < -0.39 is 0 Å². The molecule has 0 unspecified atom stereocenters. The third kappa shape index (κ3) is 4.67. The summed E-state index contributed by atoms with van der Waals surface area (Å²) >= 11 is 0. The molecule has 0 bridgehead atoms. The lowest BCUT2D eigenvalue weighted by Crippen LogP contribution is -2.36. The zero-order valence-corrected chi connectivity index (χ0v) is 19.2. The molecular formula is C21H32N10O. The van der Waals surface area contributed by atoms with E-state index in [9.17, 15) is 4.79 Å². The average molecular weight is 441 g/mol. The van der Waals surface area contributed by atoms with Crippen LogP contribution in [-0.4, -0.2) is 66.3 Å². The molecule has 1 saturated carbocycles. The number of nitrogen functional groups attached to an aromatic ring is 1. The van der Waals surface area contributed by atoms with Gasteiger partial charge in [-0.3, -0.25) is 4.79 Å². The molecule has 3 aromatic heterocycles. The molecule has 1 fully saturated rings. The first-order valence-electron chi connectivity index (χ1n) is 11.1. The first kappa shape index (κ1) is 22.0. The van der Waals surface area contributed by atoms with Gasteiger partial charge in [-0.25, -0.2) is 9.67 Å². The van der Waals surface area contributed by atoms with Crippen LogP contribution in [0.25, 0.3) is 11.2 Å². The van der Waals surface area contributed by atoms with Crippen LogP contribution in [0.1, 0.15) is 38.3 Å². The fourth-order valence-electron chi connectivity index (χ4n) is 4.33. The molecule has 1 aliphatic carbocycles. The Morgan fingerprint density at radius 3 is 2.69 bits per heavy atom. The van der Waals surface area contributed by atoms with Crippen LogP contribution >= 0.6 is 0 Å². The number of nitrogens with two attached hydrogens (primary N) is 1. The summed E-state index contributed by atoms with van der Waals surface area (Å²) in [5, 5.41) is 10.8. The van der Waals surface area contributed by atoms with Crippen LogP contribution in [0.5, 0.6) is 0 Å². The zero-order valence-electron chi connectivity index (χ0n) is 19.2. The van der Waals surface area contributed by atoms with E-state index in [0.717, 1.165) is 31.4 Å². The number of anilines is 3. The molecule has 11 nitrogen and oxygen atoms in total. The summed E-state index contributed by atoms with van der Waals surface area (Å²) < 4.78 is 3.45. The monoisotopic (exact) mass is 440 g/mol. The van der Waals surface area contributed by atoms with E-state index in [1.54, 1.807) is 15.6 Å². The van der Waals surface area contributed by atoms with E-state index >= 15 is 0 Å². The third-order valence-corrected chi connectivity index (χ3v) is 6.03. The van der Waals surface area contributed by atoms with Gasteiger partial charge < -0.3 is 25.8 Å². The van der Waals surface area contributed by atoms with Crippen molar-refractivity contribution in [2.45, 2.75) is 64.7 Å². The van der Waals surface area contributed by atoms with Gasteiger partial charge in [0.25, 0.3) is 0 Å². The highest BCUT2D eigenvalue weighted by Crippen LogP contribution is 2.27. The maximum Gasteiger partial charge on any atom is 0.245 e. The summed E-state index contributed by atoms with van der Waals surface area (Å²) in [4.78, 5) is 28.2. The van der Waals surface area contributed by atoms with Crippen LogP contribution < -0.4 is 16.4 Å². The number of rotatable bonds is 7. The molecule has 11 heteroatoms. The molecule has 4 rings (SSSR count). The number of carbonyl (C=O) groups excluding carboxylic acids is 1. The Balaban J connectivity index is 1.48. The fourth-order valence-corrected chi connectivity index (χ4v) is 4.33. The second-order valence-corrected chi connectivity index (χ2v) is 8.62. The molecule has 32 heavy (non-hydrogen) atoms. The molecule has 3 heterocycles. The maximum absolute atomic E-state index is 12.7. The third-order valence-electron chi connectivity index (χ3n) is 6.03. The van der Waals surface area contributed by atoms with Crippen molar-refractivity contribution in [2.24, 2.45) is 0 Å². The van der Waals surface area contributed by atoms with Gasteiger partial charge in [0.1, 0.15) is 12.4 Å². The number of hydrogen-bond acceptors (Lipinski definition) is 8. The van der Waals surface area contributed by atoms with Crippen LogP contribution in [-0.2, 0) is 17.9 Å². The SMILES string of the molecule is CCn1nc(C)cc1NC(=O)Cn1cnc2c(NC3CCC(N(C)C)CC3)nc(N)nc21. The van der Waals surface area contributed by atoms with Gasteiger partial charge in [-0.2, -0.15) is 15.1 Å². The summed E-state index contributed by atoms with van der Waals surface area (Å²) in [6.07, 6.45) is 5.99. The Kier molecular flexibility index (Phi) is 6.26. The normalized spacial score (nSPS) is 18.9. The lowest BCUT2D eigenvalue weighted by atomic mass is 9.90. The van der Waals surface area contributed by atoms with E-state index in [-0.39, 0.29) is 18.4 Å². The van der Waals surface area contributed by atoms with Crippen molar-refractivity contribution in [1.82, 2.24) is 34.2 Å². The van der Waals surface area contributed by atoms with E-state index in [1.165, 1.54) is 0 Å². The van der Waals surface area contributed by atoms with Crippen molar-refractivity contribution >= 4 is 34.7 Å². The average Bonchev–Trinajstić information content (AvgIpc) is 3.31. The Bertz CT molecular complexity index is 1090. The van der Waals surface area contributed by atoms with Gasteiger partial charge in [0.2, 0.25) is 11.9 Å². The summed E-state index contributed by atoms with van der Waals surface area (Å²) in [5.74, 6) is 1.26. The number of amides is 1. The summed E-state index contributed by atoms with van der Waals surface area (Å²) in [6, 6.07) is 2.78. The van der Waals surface area contributed by atoms with Crippen molar-refractivity contribution in [3.8, 4) is 0 Å². The quantitative estimate of drug-likeness (QED) is 0.507. The van der Waals surface area contributed by atoms with Crippen molar-refractivity contribution in [2.75, 3.05) is 30.5 Å². The van der Waals surface area contributed by atoms with Crippen LogP contribution in [0.15, 0.2) is 12.4 Å². The summed E-state index contributed by atoms with van der Waals surface area (Å²) in [7, 11) is 4.26. The zero-order chi connectivity index (χ0) is 22.8. The molecule has 4 N–H and O–H groups in total. The Morgan fingerprint density at radius 1 is 1.25 bits per heavy atom. The molecule has 0 saturated heterocycles. The topological polar surface area (TPSA) is 132 Å². The van der Waals surface area contributed by atoms with Crippen LogP contribution in [0, 0.1) is 6.92 Å². The predicted octanol–water partition coefficient (Wildman–Crippen LogP) is 1.86. The largest absolute Gasteiger partial charge is 0.368 e. The number of nitrogens with one attached hydrogen (secondary N) is 2. The van der Waals surface area contributed by atoms with E-state index in [2.05, 4.69) is 49.7 Å². The number of hydrogen-bond donors (Lipinski definition) is 3. The van der Waals surface area contributed by atoms with Crippen molar-refractivity contribution in [3.63, 3.8) is 0 Å². The Hall–Kier alpha value is -3.21. The first-order chi connectivity index (χ1) is 15.3. The number of nitrogens with zero attached hydrogens (tertiary/aromatic N) is 7. The van der Waals surface area contributed by atoms with Gasteiger partial charge in [0, 0.05) is 24.7 Å². The van der Waals surface area contributed by atoms with Crippen LogP contribution in [0.3, 0.4) is 0 Å². The minimum atomic E-state index is -0.187. The van der Waals surface area contributed by atoms with Crippen molar-refractivity contribution in [1.29, 1.82) is 0 Å². The van der Waals surface area contributed by atoms with Crippen molar-refractivity contribution in [3.05, 3.63) is 18.1 Å². The second kappa shape index (κ2) is 9.11. The van der Waals surface area contributed by atoms with Crippen LogP contribution in [0.4, 0.5) is 17.6 Å². The highest BCUT2D eigenvalue weighted by molar-refractivity contribution is 5.91. The van der Waals surface area contributed by atoms with Gasteiger partial charge >= 0.3 is 0 Å². The molecule has 0 atom stereocenters. The molecule has 1 aliphatic rings. The smallest absolute Gasteiger partial charge is 0.245 e. The number of aromatic nitrogens is 6. The highest BCUT2D eigenvalue weighted by Gasteiger charge is 2.24. The molecule has 0 aromatic carbocycles. The maximum atomic E-state index is 12.7. The van der Waals surface area contributed by atoms with Crippen molar-refractivity contribution < 1.29 is 4.79 Å². The van der Waals surface area contributed by atoms with E-state index in [0.29, 0.717) is 41.4 Å². The minimum Gasteiger partial charge on any atom is -0.368 e. The lowest BCUT2D eigenvalue weighted by Gasteiger charge is -2.33. The van der Waals surface area contributed by atoms with E-state index in [4.69, 9.17) is 5.73 Å². The van der Waals surface area contributed by atoms with E-state index in [1.807, 2.05) is 19.9 Å². The van der Waals surface area contributed by atoms with Gasteiger partial charge in [-0.05, 0) is 53.6 Å². The summed E-state index contributed by atoms with van der Waals surface area (Å²) in [5.41, 5.74) is 8.01.